The van der Waals surface area contributed by atoms with Crippen molar-refractivity contribution in [3.8, 4) is 5.88 Å². The van der Waals surface area contributed by atoms with Gasteiger partial charge in [0.25, 0.3) is 0 Å². The van der Waals surface area contributed by atoms with Crippen LogP contribution in [0.2, 0.25) is 0 Å². The van der Waals surface area contributed by atoms with Gasteiger partial charge in [0.15, 0.2) is 5.82 Å². The summed E-state index contributed by atoms with van der Waals surface area (Å²) < 4.78 is 33.6. The van der Waals surface area contributed by atoms with Gasteiger partial charge in [-0.1, -0.05) is 0 Å². The van der Waals surface area contributed by atoms with E-state index >= 15 is 0 Å². The Morgan fingerprint density at radius 3 is 2.56 bits per heavy atom. The van der Waals surface area contributed by atoms with Gasteiger partial charge in [-0.25, -0.2) is 13.8 Å². The fraction of sp³-hybridized carbons (Fsp3) is 0.278. The van der Waals surface area contributed by atoms with Crippen LogP contribution in [0.4, 0.5) is 20.4 Å². The van der Waals surface area contributed by atoms with E-state index in [1.165, 1.54) is 6.07 Å². The maximum absolute atomic E-state index is 14.0. The Hall–Kier alpha value is -2.55. The molecule has 6 nitrogen and oxygen atoms in total. The van der Waals surface area contributed by atoms with Crippen molar-refractivity contribution in [3.05, 3.63) is 46.7 Å². The highest BCUT2D eigenvalue weighted by atomic mass is 79.9. The fourth-order valence-corrected chi connectivity index (χ4v) is 3.58. The number of anilines is 2. The normalized spacial score (nSPS) is 14.7. The molecule has 0 atom stereocenters. The molecule has 140 valence electrons. The van der Waals surface area contributed by atoms with Gasteiger partial charge in [0, 0.05) is 49.5 Å². The number of hydrogen-bond acceptors (Lipinski definition) is 6. The molecule has 0 spiro atoms. The summed E-state index contributed by atoms with van der Waals surface area (Å²) in [5.74, 6) is -0.191. The molecule has 0 radical (unpaired) electrons. The molecule has 1 saturated heterocycles. The Labute approximate surface area is 162 Å². The lowest BCUT2D eigenvalue weighted by Crippen LogP contribution is -2.47. The Kier molecular flexibility index (Phi) is 4.77. The van der Waals surface area contributed by atoms with Crippen molar-refractivity contribution in [2.45, 2.75) is 0 Å². The zero-order valence-electron chi connectivity index (χ0n) is 14.5. The van der Waals surface area contributed by atoms with Gasteiger partial charge in [0.2, 0.25) is 11.8 Å². The lowest BCUT2D eigenvalue weighted by atomic mass is 10.1. The van der Waals surface area contributed by atoms with E-state index in [-0.39, 0.29) is 5.52 Å². The maximum Gasteiger partial charge on any atom is 0.232 e. The monoisotopic (exact) mass is 435 g/mol. The molecule has 1 aliphatic rings. The second-order valence-electron chi connectivity index (χ2n) is 6.12. The average molecular weight is 436 g/mol. The highest BCUT2D eigenvalue weighted by Crippen LogP contribution is 2.29. The van der Waals surface area contributed by atoms with Crippen molar-refractivity contribution in [2.75, 3.05) is 43.1 Å². The first kappa shape index (κ1) is 17.8. The van der Waals surface area contributed by atoms with Crippen LogP contribution in [-0.2, 0) is 0 Å². The highest BCUT2D eigenvalue weighted by molar-refractivity contribution is 9.10. The second-order valence-corrected chi connectivity index (χ2v) is 6.97. The van der Waals surface area contributed by atoms with Crippen LogP contribution in [0.5, 0.6) is 5.88 Å². The third kappa shape index (κ3) is 3.39. The van der Waals surface area contributed by atoms with Crippen molar-refractivity contribution in [3.63, 3.8) is 0 Å². The van der Waals surface area contributed by atoms with Gasteiger partial charge >= 0.3 is 0 Å². The SMILES string of the molecule is COc1nc(N2CCN(c3ccnc4c(F)cc(F)cc34)CC2)ncc1Br. The molecule has 0 saturated carbocycles. The largest absolute Gasteiger partial charge is 0.480 e. The maximum atomic E-state index is 14.0. The zero-order valence-corrected chi connectivity index (χ0v) is 16.1. The summed E-state index contributed by atoms with van der Waals surface area (Å²) in [5.41, 5.74) is 0.949. The van der Waals surface area contributed by atoms with Gasteiger partial charge in [0.05, 0.1) is 17.8 Å². The summed E-state index contributed by atoms with van der Waals surface area (Å²) in [4.78, 5) is 16.9. The highest BCUT2D eigenvalue weighted by Gasteiger charge is 2.22. The first-order valence-corrected chi connectivity index (χ1v) is 9.16. The van der Waals surface area contributed by atoms with Crippen LogP contribution in [0.25, 0.3) is 10.9 Å². The first-order chi connectivity index (χ1) is 13.1. The number of benzene rings is 1. The van der Waals surface area contributed by atoms with Gasteiger partial charge in [-0.3, -0.25) is 4.98 Å². The summed E-state index contributed by atoms with van der Waals surface area (Å²) in [6.45, 7) is 2.68. The van der Waals surface area contributed by atoms with Crippen LogP contribution in [0.1, 0.15) is 0 Å². The number of fused-ring (bicyclic) bond motifs is 1. The molecular weight excluding hydrogens is 420 g/mol. The molecule has 0 unspecified atom stereocenters. The molecule has 2 aromatic heterocycles. The van der Waals surface area contributed by atoms with Crippen molar-refractivity contribution in [1.29, 1.82) is 0 Å². The third-order valence-corrected chi connectivity index (χ3v) is 5.08. The number of ether oxygens (including phenoxy) is 1. The quantitative estimate of drug-likeness (QED) is 0.628. The number of rotatable bonds is 3. The standard InChI is InChI=1S/C18H16BrF2N5O/c1-27-17-13(19)10-23-18(24-17)26-6-4-25(5-7-26)15-2-3-22-16-12(15)8-11(20)9-14(16)21/h2-3,8-10H,4-7H2,1H3. The van der Waals surface area contributed by atoms with Gasteiger partial charge in [0.1, 0.15) is 11.3 Å². The lowest BCUT2D eigenvalue weighted by Gasteiger charge is -2.36. The molecule has 4 rings (SSSR count). The molecule has 0 N–H and O–H groups in total. The smallest absolute Gasteiger partial charge is 0.232 e. The minimum Gasteiger partial charge on any atom is -0.480 e. The second kappa shape index (κ2) is 7.22. The summed E-state index contributed by atoms with van der Waals surface area (Å²) in [5, 5.41) is 0.477. The molecule has 27 heavy (non-hydrogen) atoms. The summed E-state index contributed by atoms with van der Waals surface area (Å²) in [6.07, 6.45) is 3.21. The number of methoxy groups -OCH3 is 1. The lowest BCUT2D eigenvalue weighted by molar-refractivity contribution is 0.393. The predicted molar refractivity (Wildman–Crippen MR) is 102 cm³/mol. The number of piperazine rings is 1. The molecule has 9 heteroatoms. The van der Waals surface area contributed by atoms with Crippen LogP contribution in [0.3, 0.4) is 0 Å². The van der Waals surface area contributed by atoms with Crippen LogP contribution in [0, 0.1) is 11.6 Å². The van der Waals surface area contributed by atoms with Crippen molar-refractivity contribution in [2.24, 2.45) is 0 Å². The molecule has 0 bridgehead atoms. The Morgan fingerprint density at radius 1 is 1.07 bits per heavy atom. The molecule has 1 aromatic carbocycles. The fourth-order valence-electron chi connectivity index (χ4n) is 3.23. The van der Waals surface area contributed by atoms with E-state index in [9.17, 15) is 8.78 Å². The van der Waals surface area contributed by atoms with E-state index in [4.69, 9.17) is 4.74 Å². The van der Waals surface area contributed by atoms with E-state index in [1.807, 2.05) is 0 Å². The van der Waals surface area contributed by atoms with E-state index < -0.39 is 11.6 Å². The van der Waals surface area contributed by atoms with Crippen LogP contribution in [0.15, 0.2) is 35.1 Å². The van der Waals surface area contributed by atoms with Gasteiger partial charge in [-0.2, -0.15) is 4.98 Å². The Morgan fingerprint density at radius 2 is 1.81 bits per heavy atom. The zero-order chi connectivity index (χ0) is 19.0. The number of halogens is 3. The number of pyridine rings is 1. The number of nitrogens with zero attached hydrogens (tertiary/aromatic N) is 5. The first-order valence-electron chi connectivity index (χ1n) is 8.37. The molecular formula is C18H16BrF2N5O. The average Bonchev–Trinajstić information content (AvgIpc) is 2.68. The number of aromatic nitrogens is 3. The molecule has 0 aliphatic carbocycles. The molecule has 1 aliphatic heterocycles. The molecule has 0 amide bonds. The van der Waals surface area contributed by atoms with Gasteiger partial charge in [-0.05, 0) is 28.1 Å². The minimum absolute atomic E-state index is 0.178. The topological polar surface area (TPSA) is 54.4 Å². The van der Waals surface area contributed by atoms with Crippen molar-refractivity contribution < 1.29 is 13.5 Å². The summed E-state index contributed by atoms with van der Waals surface area (Å²) >= 11 is 3.35. The molecule has 3 aromatic rings. The van der Waals surface area contributed by atoms with Crippen LogP contribution >= 0.6 is 15.9 Å². The van der Waals surface area contributed by atoms with Crippen LogP contribution in [-0.4, -0.2) is 48.2 Å². The Bertz CT molecular complexity index is 995. The van der Waals surface area contributed by atoms with E-state index in [0.29, 0.717) is 47.9 Å². The van der Waals surface area contributed by atoms with Gasteiger partial charge < -0.3 is 14.5 Å². The predicted octanol–water partition coefficient (Wildman–Crippen LogP) is 3.40. The van der Waals surface area contributed by atoms with E-state index in [0.717, 1.165) is 11.8 Å². The Balaban J connectivity index is 1.57. The molecule has 1 fully saturated rings. The van der Waals surface area contributed by atoms with Crippen LogP contribution < -0.4 is 14.5 Å². The molecule has 3 heterocycles. The van der Waals surface area contributed by atoms with Crippen molar-refractivity contribution >= 4 is 38.5 Å². The van der Waals surface area contributed by atoms with Gasteiger partial charge in [-0.15, -0.1) is 0 Å². The van der Waals surface area contributed by atoms with E-state index in [1.54, 1.807) is 25.6 Å². The summed E-state index contributed by atoms with van der Waals surface area (Å²) in [6, 6.07) is 3.97. The number of hydrogen-bond donors (Lipinski definition) is 0. The van der Waals surface area contributed by atoms with E-state index in [2.05, 4.69) is 40.7 Å². The van der Waals surface area contributed by atoms with Crippen molar-refractivity contribution in [1.82, 2.24) is 15.0 Å². The summed E-state index contributed by atoms with van der Waals surface area (Å²) in [7, 11) is 1.56. The third-order valence-electron chi connectivity index (χ3n) is 4.54. The minimum atomic E-state index is -0.652.